The summed E-state index contributed by atoms with van der Waals surface area (Å²) in [5.41, 5.74) is 6.04. The maximum atomic E-state index is 12.0. The number of rotatable bonds is 6. The van der Waals surface area contributed by atoms with Gasteiger partial charge in [-0.2, -0.15) is 0 Å². The van der Waals surface area contributed by atoms with Gasteiger partial charge in [-0.1, -0.05) is 0 Å². The van der Waals surface area contributed by atoms with Crippen molar-refractivity contribution in [1.29, 1.82) is 0 Å². The summed E-state index contributed by atoms with van der Waals surface area (Å²) in [5, 5.41) is 13.9. The van der Waals surface area contributed by atoms with E-state index in [4.69, 9.17) is 5.73 Å². The zero-order valence-electron chi connectivity index (χ0n) is 12.1. The van der Waals surface area contributed by atoms with E-state index in [1.54, 1.807) is 12.3 Å². The molecule has 8 nitrogen and oxygen atoms in total. The highest BCUT2D eigenvalue weighted by atomic mass is 16.6. The lowest BCUT2D eigenvalue weighted by molar-refractivity contribution is -0.384. The summed E-state index contributed by atoms with van der Waals surface area (Å²) in [4.78, 5) is 26.6. The van der Waals surface area contributed by atoms with Crippen LogP contribution in [0.1, 0.15) is 23.7 Å². The fourth-order valence-electron chi connectivity index (χ4n) is 1.95. The van der Waals surface area contributed by atoms with E-state index in [1.165, 1.54) is 29.2 Å². The Hall–Kier alpha value is -2.74. The molecule has 1 atom stereocenters. The summed E-state index contributed by atoms with van der Waals surface area (Å²) in [6.45, 7) is 2.27. The van der Waals surface area contributed by atoms with Gasteiger partial charge in [0, 0.05) is 36.6 Å². The van der Waals surface area contributed by atoms with Crippen LogP contribution in [-0.4, -0.2) is 33.0 Å². The molecule has 2 rings (SSSR count). The number of nitrogens with two attached hydrogens (primary N) is 1. The average Bonchev–Trinajstić information content (AvgIpc) is 3.00. The minimum atomic E-state index is -0.520. The number of carbonyl (C=O) groups is 1. The molecule has 0 aliphatic rings. The SMILES string of the molecule is CC(N)CCNC(=O)c1ccc(-n2ccnc2)c([N+](=O)[O-])c1. The summed E-state index contributed by atoms with van der Waals surface area (Å²) >= 11 is 0. The fraction of sp³-hybridized carbons (Fsp3) is 0.286. The quantitative estimate of drug-likeness (QED) is 0.615. The molecule has 0 radical (unpaired) electrons. The van der Waals surface area contributed by atoms with Gasteiger partial charge in [-0.15, -0.1) is 0 Å². The number of hydrogen-bond acceptors (Lipinski definition) is 5. The normalized spacial score (nSPS) is 11.9. The summed E-state index contributed by atoms with van der Waals surface area (Å²) in [5.74, 6) is -0.360. The Bertz CT molecular complexity index is 667. The van der Waals surface area contributed by atoms with Crippen molar-refractivity contribution in [2.24, 2.45) is 5.73 Å². The van der Waals surface area contributed by atoms with E-state index in [-0.39, 0.29) is 23.2 Å². The van der Waals surface area contributed by atoms with Crippen LogP contribution in [0.2, 0.25) is 0 Å². The van der Waals surface area contributed by atoms with Crippen molar-refractivity contribution in [3.63, 3.8) is 0 Å². The maximum absolute atomic E-state index is 12.0. The lowest BCUT2D eigenvalue weighted by Crippen LogP contribution is -2.29. The van der Waals surface area contributed by atoms with Crippen LogP contribution in [0.25, 0.3) is 5.69 Å². The van der Waals surface area contributed by atoms with Crippen LogP contribution in [0.3, 0.4) is 0 Å². The second-order valence-corrected chi connectivity index (χ2v) is 4.95. The zero-order chi connectivity index (χ0) is 16.1. The number of benzene rings is 1. The number of carbonyl (C=O) groups excluding carboxylic acids is 1. The second-order valence-electron chi connectivity index (χ2n) is 4.95. The van der Waals surface area contributed by atoms with Gasteiger partial charge >= 0.3 is 0 Å². The lowest BCUT2D eigenvalue weighted by atomic mass is 10.1. The number of hydrogen-bond donors (Lipinski definition) is 2. The van der Waals surface area contributed by atoms with Crippen LogP contribution in [0.4, 0.5) is 5.69 Å². The Morgan fingerprint density at radius 1 is 1.55 bits per heavy atom. The zero-order valence-corrected chi connectivity index (χ0v) is 12.1. The van der Waals surface area contributed by atoms with E-state index in [1.807, 2.05) is 6.92 Å². The van der Waals surface area contributed by atoms with Crippen LogP contribution in [0.5, 0.6) is 0 Å². The molecular formula is C14H17N5O3. The third-order valence-electron chi connectivity index (χ3n) is 3.10. The average molecular weight is 303 g/mol. The smallest absolute Gasteiger partial charge is 0.294 e. The summed E-state index contributed by atoms with van der Waals surface area (Å²) in [6.07, 6.45) is 5.23. The highest BCUT2D eigenvalue weighted by Gasteiger charge is 2.18. The second kappa shape index (κ2) is 6.81. The molecule has 1 unspecified atom stereocenters. The molecular weight excluding hydrogens is 286 g/mol. The molecule has 3 N–H and O–H groups in total. The number of nitro groups is 1. The number of nitrogens with zero attached hydrogens (tertiary/aromatic N) is 3. The standard InChI is InChI=1S/C14H17N5O3/c1-10(15)4-5-17-14(20)11-2-3-12(13(8-11)19(21)22)18-7-6-16-9-18/h2-3,6-10H,4-5,15H2,1H3,(H,17,20). The Morgan fingerprint density at radius 3 is 2.91 bits per heavy atom. The Morgan fingerprint density at radius 2 is 2.32 bits per heavy atom. The largest absolute Gasteiger partial charge is 0.352 e. The minimum absolute atomic E-state index is 0.0155. The highest BCUT2D eigenvalue weighted by molar-refractivity contribution is 5.95. The third-order valence-corrected chi connectivity index (χ3v) is 3.10. The van der Waals surface area contributed by atoms with Gasteiger partial charge < -0.3 is 15.6 Å². The summed E-state index contributed by atoms with van der Waals surface area (Å²) < 4.78 is 1.52. The molecule has 1 aromatic carbocycles. The molecule has 0 aliphatic heterocycles. The Balaban J connectivity index is 2.22. The molecule has 8 heteroatoms. The first kappa shape index (κ1) is 15.6. The van der Waals surface area contributed by atoms with Crippen molar-refractivity contribution in [2.75, 3.05) is 6.54 Å². The number of nitro benzene ring substituents is 1. The van der Waals surface area contributed by atoms with Crippen LogP contribution < -0.4 is 11.1 Å². The van der Waals surface area contributed by atoms with E-state index in [9.17, 15) is 14.9 Å². The third kappa shape index (κ3) is 3.67. The van der Waals surface area contributed by atoms with E-state index in [2.05, 4.69) is 10.3 Å². The predicted molar refractivity (Wildman–Crippen MR) is 80.8 cm³/mol. The molecule has 0 aliphatic carbocycles. The van der Waals surface area contributed by atoms with Gasteiger partial charge in [-0.25, -0.2) is 4.98 Å². The molecule has 0 bridgehead atoms. The molecule has 116 valence electrons. The Labute approximate surface area is 127 Å². The molecule has 0 saturated carbocycles. The summed E-state index contributed by atoms with van der Waals surface area (Å²) in [6, 6.07) is 4.32. The fourth-order valence-corrected chi connectivity index (χ4v) is 1.95. The molecule has 2 aromatic rings. The molecule has 1 amide bonds. The van der Waals surface area contributed by atoms with Crippen molar-refractivity contribution in [3.05, 3.63) is 52.6 Å². The lowest BCUT2D eigenvalue weighted by Gasteiger charge is -2.09. The van der Waals surface area contributed by atoms with Crippen molar-refractivity contribution in [2.45, 2.75) is 19.4 Å². The van der Waals surface area contributed by atoms with Gasteiger partial charge in [-0.3, -0.25) is 14.9 Å². The number of amides is 1. The number of imidazole rings is 1. The van der Waals surface area contributed by atoms with Gasteiger partial charge in [0.1, 0.15) is 5.69 Å². The van der Waals surface area contributed by atoms with E-state index in [0.29, 0.717) is 18.7 Å². The topological polar surface area (TPSA) is 116 Å². The minimum Gasteiger partial charge on any atom is -0.352 e. The van der Waals surface area contributed by atoms with Crippen LogP contribution in [-0.2, 0) is 0 Å². The maximum Gasteiger partial charge on any atom is 0.294 e. The van der Waals surface area contributed by atoms with E-state index in [0.717, 1.165) is 0 Å². The number of nitrogens with one attached hydrogen (secondary N) is 1. The molecule has 0 spiro atoms. The molecule has 0 saturated heterocycles. The highest BCUT2D eigenvalue weighted by Crippen LogP contribution is 2.24. The number of aromatic nitrogens is 2. The van der Waals surface area contributed by atoms with Gasteiger partial charge in [0.25, 0.3) is 11.6 Å². The van der Waals surface area contributed by atoms with Gasteiger partial charge in [0.15, 0.2) is 0 Å². The molecule has 1 aromatic heterocycles. The van der Waals surface area contributed by atoms with E-state index >= 15 is 0 Å². The first-order valence-electron chi connectivity index (χ1n) is 6.79. The monoisotopic (exact) mass is 303 g/mol. The van der Waals surface area contributed by atoms with Crippen molar-refractivity contribution in [1.82, 2.24) is 14.9 Å². The van der Waals surface area contributed by atoms with Crippen LogP contribution >= 0.6 is 0 Å². The summed E-state index contributed by atoms with van der Waals surface area (Å²) in [7, 11) is 0. The molecule has 22 heavy (non-hydrogen) atoms. The first-order valence-corrected chi connectivity index (χ1v) is 6.79. The molecule has 0 fully saturated rings. The van der Waals surface area contributed by atoms with E-state index < -0.39 is 4.92 Å². The Kier molecular flexibility index (Phi) is 4.84. The van der Waals surface area contributed by atoms with Gasteiger partial charge in [-0.05, 0) is 25.5 Å². The van der Waals surface area contributed by atoms with Gasteiger partial charge in [0.2, 0.25) is 0 Å². The first-order chi connectivity index (χ1) is 10.5. The molecule has 1 heterocycles. The van der Waals surface area contributed by atoms with Crippen molar-refractivity contribution >= 4 is 11.6 Å². The van der Waals surface area contributed by atoms with Gasteiger partial charge in [0.05, 0.1) is 11.3 Å². The van der Waals surface area contributed by atoms with Crippen LogP contribution in [0.15, 0.2) is 36.9 Å². The van der Waals surface area contributed by atoms with Crippen LogP contribution in [0, 0.1) is 10.1 Å². The predicted octanol–water partition coefficient (Wildman–Crippen LogP) is 1.25. The van der Waals surface area contributed by atoms with Crippen molar-refractivity contribution in [3.8, 4) is 5.69 Å². The van der Waals surface area contributed by atoms with Crippen molar-refractivity contribution < 1.29 is 9.72 Å².